The molecule has 4 aromatic rings. The maximum Gasteiger partial charge on any atom is 0.141 e. The van der Waals surface area contributed by atoms with Gasteiger partial charge in [0.05, 0.1) is 5.69 Å². The average Bonchev–Trinajstić information content (AvgIpc) is 3.39. The second-order valence-electron chi connectivity index (χ2n) is 8.17. The van der Waals surface area contributed by atoms with E-state index in [0.717, 1.165) is 53.4 Å². The molecule has 4 N–H and O–H groups in total. The summed E-state index contributed by atoms with van der Waals surface area (Å²) in [5.74, 6) is 1.23. The van der Waals surface area contributed by atoms with Crippen molar-refractivity contribution < 1.29 is 0 Å². The standard InChI is InChI=1S/C22H27N7/c23-18-7-3-15(4-8-18)9-11-24-13-16-1-5-17(6-2-16)20-21-19-10-12-25-22(19)26-14-29(21)28-27-20/h3-4,7-8,10,12,14,16-17,24-25H,1-2,5-6,9,11,13,23H2. The summed E-state index contributed by atoms with van der Waals surface area (Å²) in [4.78, 5) is 7.59. The summed E-state index contributed by atoms with van der Waals surface area (Å²) in [5.41, 5.74) is 11.1. The molecule has 1 saturated carbocycles. The minimum Gasteiger partial charge on any atom is -0.399 e. The second kappa shape index (κ2) is 7.83. The summed E-state index contributed by atoms with van der Waals surface area (Å²) in [6.45, 7) is 2.10. The Morgan fingerprint density at radius 3 is 2.76 bits per heavy atom. The van der Waals surface area contributed by atoms with E-state index < -0.39 is 0 Å². The Bertz CT molecular complexity index is 1090. The molecule has 29 heavy (non-hydrogen) atoms. The van der Waals surface area contributed by atoms with Gasteiger partial charge in [0.1, 0.15) is 17.5 Å². The van der Waals surface area contributed by atoms with Gasteiger partial charge in [0.2, 0.25) is 0 Å². The number of aromatic nitrogens is 5. The van der Waals surface area contributed by atoms with Crippen LogP contribution in [0.5, 0.6) is 0 Å². The molecule has 0 radical (unpaired) electrons. The molecule has 1 aliphatic carbocycles. The highest BCUT2D eigenvalue weighted by Gasteiger charge is 2.26. The first-order valence-corrected chi connectivity index (χ1v) is 10.5. The number of hydrogen-bond donors (Lipinski definition) is 3. The van der Waals surface area contributed by atoms with Crippen LogP contribution in [0.2, 0.25) is 0 Å². The Labute approximate surface area is 169 Å². The van der Waals surface area contributed by atoms with Crippen LogP contribution in [-0.4, -0.2) is 37.9 Å². The Hall–Kier alpha value is -2.93. The Kier molecular flexibility index (Phi) is 4.89. The van der Waals surface area contributed by atoms with Gasteiger partial charge in [-0.15, -0.1) is 5.10 Å². The van der Waals surface area contributed by atoms with E-state index in [0.29, 0.717) is 5.92 Å². The first-order valence-electron chi connectivity index (χ1n) is 10.5. The SMILES string of the molecule is Nc1ccc(CCNCC2CCC(c3nnn4cnc5[nH]ccc5c34)CC2)cc1. The van der Waals surface area contributed by atoms with Crippen LogP contribution in [0.1, 0.15) is 42.9 Å². The second-order valence-corrected chi connectivity index (χ2v) is 8.17. The van der Waals surface area contributed by atoms with Crippen LogP contribution < -0.4 is 11.1 Å². The molecular formula is C22H27N7. The van der Waals surface area contributed by atoms with Gasteiger partial charge in [0.25, 0.3) is 0 Å². The van der Waals surface area contributed by atoms with Crippen LogP contribution in [0.25, 0.3) is 16.6 Å². The van der Waals surface area contributed by atoms with Gasteiger partial charge in [0.15, 0.2) is 0 Å². The van der Waals surface area contributed by atoms with Crippen LogP contribution >= 0.6 is 0 Å². The van der Waals surface area contributed by atoms with E-state index in [9.17, 15) is 0 Å². The lowest BCUT2D eigenvalue weighted by Crippen LogP contribution is -2.27. The zero-order chi connectivity index (χ0) is 19.6. The molecule has 1 aliphatic rings. The van der Waals surface area contributed by atoms with Crippen LogP contribution in [0, 0.1) is 5.92 Å². The molecule has 7 heteroatoms. The fraction of sp³-hybridized carbons (Fsp3) is 0.409. The minimum absolute atomic E-state index is 0.485. The van der Waals surface area contributed by atoms with E-state index >= 15 is 0 Å². The fourth-order valence-electron chi connectivity index (χ4n) is 4.56. The third-order valence-electron chi connectivity index (χ3n) is 6.23. The van der Waals surface area contributed by atoms with Crippen molar-refractivity contribution >= 4 is 22.2 Å². The minimum atomic E-state index is 0.485. The number of nitrogens with one attached hydrogen (secondary N) is 2. The maximum absolute atomic E-state index is 5.75. The van der Waals surface area contributed by atoms with Crippen molar-refractivity contribution in [3.63, 3.8) is 0 Å². The van der Waals surface area contributed by atoms with Crippen LogP contribution in [0.4, 0.5) is 5.69 Å². The molecule has 0 unspecified atom stereocenters. The fourth-order valence-corrected chi connectivity index (χ4v) is 4.56. The third-order valence-corrected chi connectivity index (χ3v) is 6.23. The third kappa shape index (κ3) is 3.70. The summed E-state index contributed by atoms with van der Waals surface area (Å²) in [5, 5.41) is 13.6. The Balaban J connectivity index is 1.15. The first kappa shape index (κ1) is 18.1. The molecular weight excluding hydrogens is 362 g/mol. The van der Waals surface area contributed by atoms with Gasteiger partial charge >= 0.3 is 0 Å². The monoisotopic (exact) mass is 389 g/mol. The lowest BCUT2D eigenvalue weighted by atomic mass is 9.80. The highest BCUT2D eigenvalue weighted by molar-refractivity contribution is 5.92. The zero-order valence-corrected chi connectivity index (χ0v) is 16.5. The van der Waals surface area contributed by atoms with Crippen molar-refractivity contribution in [1.82, 2.24) is 30.1 Å². The average molecular weight is 390 g/mol. The summed E-state index contributed by atoms with van der Waals surface area (Å²) in [6, 6.07) is 10.2. The van der Waals surface area contributed by atoms with Crippen molar-refractivity contribution in [3.05, 3.63) is 54.1 Å². The van der Waals surface area contributed by atoms with Gasteiger partial charge in [0, 0.05) is 23.2 Å². The summed E-state index contributed by atoms with van der Waals surface area (Å²) in [6.07, 6.45) is 9.55. The first-order chi connectivity index (χ1) is 14.3. The van der Waals surface area contributed by atoms with Gasteiger partial charge in [-0.1, -0.05) is 17.3 Å². The number of anilines is 1. The van der Waals surface area contributed by atoms with Crippen molar-refractivity contribution in [1.29, 1.82) is 0 Å². The molecule has 0 saturated heterocycles. The number of benzene rings is 1. The van der Waals surface area contributed by atoms with E-state index in [1.807, 2.05) is 22.8 Å². The van der Waals surface area contributed by atoms with Gasteiger partial charge in [-0.25, -0.2) is 9.50 Å². The number of rotatable bonds is 6. The maximum atomic E-state index is 5.75. The van der Waals surface area contributed by atoms with E-state index in [-0.39, 0.29) is 0 Å². The van der Waals surface area contributed by atoms with E-state index in [2.05, 4.69) is 43.8 Å². The number of hydrogen-bond acceptors (Lipinski definition) is 5. The quantitative estimate of drug-likeness (QED) is 0.347. The number of fused-ring (bicyclic) bond motifs is 3. The smallest absolute Gasteiger partial charge is 0.141 e. The van der Waals surface area contributed by atoms with E-state index in [4.69, 9.17) is 5.73 Å². The molecule has 0 amide bonds. The molecule has 5 rings (SSSR count). The van der Waals surface area contributed by atoms with Crippen LogP contribution in [-0.2, 0) is 6.42 Å². The number of H-pyrrole nitrogens is 1. The molecule has 0 atom stereocenters. The molecule has 3 aromatic heterocycles. The van der Waals surface area contributed by atoms with Crippen molar-refractivity contribution in [3.8, 4) is 0 Å². The van der Waals surface area contributed by atoms with Crippen molar-refractivity contribution in [2.75, 3.05) is 18.8 Å². The Morgan fingerprint density at radius 2 is 1.93 bits per heavy atom. The number of nitrogens with two attached hydrogens (primary N) is 1. The lowest BCUT2D eigenvalue weighted by molar-refractivity contribution is 0.313. The lowest BCUT2D eigenvalue weighted by Gasteiger charge is -2.27. The highest BCUT2D eigenvalue weighted by atomic mass is 15.4. The molecule has 150 valence electrons. The molecule has 0 aliphatic heterocycles. The number of nitrogens with zero attached hydrogens (tertiary/aromatic N) is 4. The van der Waals surface area contributed by atoms with Crippen molar-refractivity contribution in [2.45, 2.75) is 38.0 Å². The number of nitrogen functional groups attached to an aromatic ring is 1. The van der Waals surface area contributed by atoms with Crippen LogP contribution in [0.15, 0.2) is 42.9 Å². The van der Waals surface area contributed by atoms with Gasteiger partial charge < -0.3 is 16.0 Å². The molecule has 7 nitrogen and oxygen atoms in total. The van der Waals surface area contributed by atoms with Gasteiger partial charge in [-0.05, 0) is 74.9 Å². The molecule has 1 fully saturated rings. The molecule has 0 spiro atoms. The predicted octanol–water partition coefficient (Wildman–Crippen LogP) is 3.29. The highest BCUT2D eigenvalue weighted by Crippen LogP contribution is 2.37. The van der Waals surface area contributed by atoms with Crippen LogP contribution in [0.3, 0.4) is 0 Å². The summed E-state index contributed by atoms with van der Waals surface area (Å²) in [7, 11) is 0. The number of aromatic amines is 1. The van der Waals surface area contributed by atoms with E-state index in [1.54, 1.807) is 6.33 Å². The summed E-state index contributed by atoms with van der Waals surface area (Å²) < 4.78 is 1.82. The normalized spacial score (nSPS) is 19.9. The molecule has 1 aromatic carbocycles. The summed E-state index contributed by atoms with van der Waals surface area (Å²) >= 11 is 0. The Morgan fingerprint density at radius 1 is 1.10 bits per heavy atom. The van der Waals surface area contributed by atoms with Gasteiger partial charge in [-0.2, -0.15) is 0 Å². The van der Waals surface area contributed by atoms with Gasteiger partial charge in [-0.3, -0.25) is 0 Å². The van der Waals surface area contributed by atoms with E-state index in [1.165, 1.54) is 31.2 Å². The zero-order valence-electron chi connectivity index (χ0n) is 16.5. The largest absolute Gasteiger partial charge is 0.399 e. The predicted molar refractivity (Wildman–Crippen MR) is 115 cm³/mol. The molecule has 0 bridgehead atoms. The van der Waals surface area contributed by atoms with Crippen molar-refractivity contribution in [2.24, 2.45) is 5.92 Å². The topological polar surface area (TPSA) is 96.9 Å². The molecule has 3 heterocycles.